The van der Waals surface area contributed by atoms with Gasteiger partial charge in [0.2, 0.25) is 0 Å². The van der Waals surface area contributed by atoms with Crippen LogP contribution in [-0.2, 0) is 27.1 Å². The van der Waals surface area contributed by atoms with Gasteiger partial charge in [-0.2, -0.15) is 0 Å². The van der Waals surface area contributed by atoms with Gasteiger partial charge in [0.25, 0.3) is 0 Å². The molecule has 0 aliphatic carbocycles. The summed E-state index contributed by atoms with van der Waals surface area (Å²) >= 11 is 0. The number of benzene rings is 8. The number of ether oxygens (including phenoxy) is 1. The Bertz CT molecular complexity index is 4020. The lowest BCUT2D eigenvalue weighted by Gasteiger charge is -2.32. The van der Waals surface area contributed by atoms with Crippen LogP contribution < -0.4 is 14.5 Å². The molecule has 0 saturated carbocycles. The molecule has 81 heavy (non-hydrogen) atoms. The van der Waals surface area contributed by atoms with E-state index in [4.69, 9.17) is 9.72 Å². The Labute approximate surface area is 478 Å². The van der Waals surface area contributed by atoms with Crippen LogP contribution in [0.2, 0.25) is 0 Å². The van der Waals surface area contributed by atoms with E-state index < -0.39 is 11.6 Å². The minimum absolute atomic E-state index is 0.0671. The maximum Gasteiger partial charge on any atom is 0.137 e. The van der Waals surface area contributed by atoms with Crippen molar-refractivity contribution < 1.29 is 13.5 Å². The summed E-state index contributed by atoms with van der Waals surface area (Å²) in [4.78, 5) is 9.66. The predicted molar refractivity (Wildman–Crippen MR) is 337 cm³/mol. The smallest absolute Gasteiger partial charge is 0.137 e. The van der Waals surface area contributed by atoms with Gasteiger partial charge in [0.1, 0.15) is 35.6 Å². The van der Waals surface area contributed by atoms with E-state index in [0.717, 1.165) is 89.8 Å². The zero-order chi connectivity index (χ0) is 57.7. The van der Waals surface area contributed by atoms with E-state index in [2.05, 4.69) is 270 Å². The van der Waals surface area contributed by atoms with Crippen LogP contribution in [0.5, 0.6) is 11.5 Å². The number of nitrogens with zero attached hydrogens (tertiary/aromatic N) is 4. The minimum atomic E-state index is -0.626. The molecule has 2 aromatic heterocycles. The third-order valence-corrected chi connectivity index (χ3v) is 16.1. The van der Waals surface area contributed by atoms with Gasteiger partial charge in [-0.15, -0.1) is 0 Å². The van der Waals surface area contributed by atoms with Gasteiger partial charge in [-0.3, -0.25) is 4.57 Å². The molecule has 3 heterocycles. The van der Waals surface area contributed by atoms with Crippen LogP contribution in [0.4, 0.5) is 31.5 Å². The molecule has 0 N–H and O–H groups in total. The van der Waals surface area contributed by atoms with Gasteiger partial charge in [0.05, 0.1) is 28.1 Å². The zero-order valence-corrected chi connectivity index (χ0v) is 49.9. The molecule has 0 radical (unpaired) electrons. The molecule has 7 heteroatoms. The number of hydrogen-bond donors (Lipinski definition) is 0. The number of hydrogen-bond acceptors (Lipinski definition) is 4. The molecule has 0 saturated heterocycles. The molecule has 11 rings (SSSR count). The topological polar surface area (TPSA) is 33.5 Å². The quantitative estimate of drug-likeness (QED) is 0.152. The van der Waals surface area contributed by atoms with Crippen molar-refractivity contribution in [3.05, 3.63) is 216 Å². The molecule has 412 valence electrons. The molecule has 8 aromatic carbocycles. The predicted octanol–water partition coefficient (Wildman–Crippen LogP) is 21.0. The lowest BCUT2D eigenvalue weighted by atomic mass is 9.77. The van der Waals surface area contributed by atoms with Crippen LogP contribution in [0.1, 0.15) is 132 Å². The fourth-order valence-electron chi connectivity index (χ4n) is 11.5. The molecule has 0 spiro atoms. The summed E-state index contributed by atoms with van der Waals surface area (Å²) in [5, 5.41) is 2.25. The van der Waals surface area contributed by atoms with Crippen molar-refractivity contribution in [2.45, 2.75) is 131 Å². The van der Waals surface area contributed by atoms with E-state index in [-0.39, 0.29) is 27.1 Å². The van der Waals surface area contributed by atoms with E-state index in [1.54, 1.807) is 0 Å². The molecule has 5 nitrogen and oxygen atoms in total. The van der Waals surface area contributed by atoms with Gasteiger partial charge in [-0.05, 0) is 156 Å². The van der Waals surface area contributed by atoms with Crippen molar-refractivity contribution >= 4 is 44.6 Å². The molecule has 0 bridgehead atoms. The van der Waals surface area contributed by atoms with Crippen LogP contribution in [0.15, 0.2) is 176 Å². The normalized spacial score (nSPS) is 13.4. The van der Waals surface area contributed by atoms with E-state index >= 15 is 8.78 Å². The number of rotatable bonds is 8. The highest BCUT2D eigenvalue weighted by Crippen LogP contribution is 2.53. The van der Waals surface area contributed by atoms with Crippen molar-refractivity contribution in [3.8, 4) is 50.7 Å². The average Bonchev–Trinajstić information content (AvgIpc) is 4.17. The van der Waals surface area contributed by atoms with Crippen LogP contribution in [-0.4, -0.2) is 16.2 Å². The maximum atomic E-state index is 15.7. The lowest BCUT2D eigenvalue weighted by molar-refractivity contribution is 0.483. The highest BCUT2D eigenvalue weighted by molar-refractivity contribution is 6.09. The Balaban J connectivity index is 1.13. The summed E-state index contributed by atoms with van der Waals surface area (Å²) in [6.07, 6.45) is 1.91. The summed E-state index contributed by atoms with van der Waals surface area (Å²) < 4.78 is 40.9. The van der Waals surface area contributed by atoms with Crippen molar-refractivity contribution in [3.63, 3.8) is 0 Å². The average molecular weight is 1080 g/mol. The van der Waals surface area contributed by atoms with Gasteiger partial charge in [0.15, 0.2) is 0 Å². The van der Waals surface area contributed by atoms with E-state index in [0.29, 0.717) is 23.7 Å². The second-order valence-electron chi connectivity index (χ2n) is 27.4. The number of para-hydroxylation sites is 3. The van der Waals surface area contributed by atoms with Gasteiger partial charge in [-0.25, -0.2) is 13.8 Å². The minimum Gasteiger partial charge on any atom is -0.457 e. The summed E-state index contributed by atoms with van der Waals surface area (Å²) in [5.41, 5.74) is 16.2. The van der Waals surface area contributed by atoms with E-state index in [1.807, 2.05) is 6.20 Å². The Hall–Kier alpha value is -8.03. The van der Waals surface area contributed by atoms with E-state index in [1.165, 1.54) is 34.4 Å². The number of halogens is 2. The van der Waals surface area contributed by atoms with Crippen LogP contribution >= 0.6 is 0 Å². The third-order valence-electron chi connectivity index (χ3n) is 16.1. The number of aromatic nitrogens is 2. The van der Waals surface area contributed by atoms with Crippen LogP contribution in [0, 0.1) is 11.6 Å². The first-order chi connectivity index (χ1) is 38.1. The Kier molecular flexibility index (Phi) is 13.5. The number of anilines is 4. The zero-order valence-electron chi connectivity index (χ0n) is 49.9. The molecular formula is C74H76F2N4O. The Morgan fingerprint density at radius 2 is 0.951 bits per heavy atom. The lowest BCUT2D eigenvalue weighted by Crippen LogP contribution is -2.25. The number of fused-ring (bicyclic) bond motifs is 4. The highest BCUT2D eigenvalue weighted by Gasteiger charge is 2.35. The summed E-state index contributed by atoms with van der Waals surface area (Å²) in [6.45, 7) is 34.0. The fraction of sp³-hybridized carbons (Fsp3) is 0.284. The van der Waals surface area contributed by atoms with Crippen molar-refractivity contribution in [2.75, 3.05) is 16.5 Å². The van der Waals surface area contributed by atoms with Gasteiger partial charge < -0.3 is 14.5 Å². The Morgan fingerprint density at radius 1 is 0.407 bits per heavy atom. The van der Waals surface area contributed by atoms with Crippen LogP contribution in [0.3, 0.4) is 0 Å². The van der Waals surface area contributed by atoms with Gasteiger partial charge in [0, 0.05) is 52.0 Å². The van der Waals surface area contributed by atoms with Crippen LogP contribution in [0.25, 0.3) is 61.0 Å². The molecule has 0 unspecified atom stereocenters. The van der Waals surface area contributed by atoms with Gasteiger partial charge in [-0.1, -0.05) is 177 Å². The molecule has 1 aliphatic heterocycles. The summed E-state index contributed by atoms with van der Waals surface area (Å²) in [6, 6.07) is 58.3. The van der Waals surface area contributed by atoms with Crippen molar-refractivity contribution in [1.29, 1.82) is 0 Å². The second-order valence-corrected chi connectivity index (χ2v) is 27.4. The molecule has 0 atom stereocenters. The Morgan fingerprint density at radius 3 is 1.58 bits per heavy atom. The monoisotopic (exact) mass is 1070 g/mol. The third kappa shape index (κ3) is 10.6. The summed E-state index contributed by atoms with van der Waals surface area (Å²) in [7, 11) is 0. The maximum absolute atomic E-state index is 15.7. The standard InChI is InChI=1S/C74H76F2N4O/c1-70(2,3)49-30-31-77-68(41-49)80-64-25-19-17-23-59(64)60-29-28-56(44-67(60)80)81-57-37-48(58-22-16-18-24-63(58)74(13,14)15)36-55(43-57)78-45-79(66-27-21-20-26-65(66)78)69-61(46-32-50(71(4,5)6)38-51(33-46)72(7,8)9)39-52(73(10,11)12)40-62(69)47-34-53(75)42-54(76)35-47/h16-44H,45H2,1-15H3. The second kappa shape index (κ2) is 19.9. The highest BCUT2D eigenvalue weighted by atomic mass is 19.1. The molecule has 10 aromatic rings. The first-order valence-corrected chi connectivity index (χ1v) is 28.5. The molecule has 0 fully saturated rings. The number of pyridine rings is 1. The molecule has 0 amide bonds. The fourth-order valence-corrected chi connectivity index (χ4v) is 11.5. The summed E-state index contributed by atoms with van der Waals surface area (Å²) in [5.74, 6) is 0.968. The van der Waals surface area contributed by atoms with Gasteiger partial charge >= 0.3 is 0 Å². The van der Waals surface area contributed by atoms with Crippen molar-refractivity contribution in [1.82, 2.24) is 9.55 Å². The molecule has 1 aliphatic rings. The molecular weight excluding hydrogens is 999 g/mol. The largest absolute Gasteiger partial charge is 0.457 e. The van der Waals surface area contributed by atoms with E-state index in [9.17, 15) is 0 Å². The first-order valence-electron chi connectivity index (χ1n) is 28.5. The van der Waals surface area contributed by atoms with Crippen molar-refractivity contribution in [2.24, 2.45) is 0 Å². The SMILES string of the molecule is CC(C)(C)c1cc(-c2cc(C(C)(C)C)cc(-c3cc(F)cc(F)c3)c2N2CN(c3cc(Oc4ccc5c6ccccc6n(-c6cc(C(C)(C)C)ccn6)c5c4)cc(-c4ccccc4C(C)(C)C)c3)c3ccccc32)cc(C(C)(C)C)c1. The first kappa shape index (κ1) is 54.9.